The minimum absolute atomic E-state index is 0.634. The van der Waals surface area contributed by atoms with Crippen LogP contribution in [0, 0.1) is 0 Å². The fourth-order valence-corrected chi connectivity index (χ4v) is 2.92. The number of anilines is 2. The van der Waals surface area contributed by atoms with Crippen molar-refractivity contribution < 1.29 is 0 Å². The molecule has 0 bridgehead atoms. The Morgan fingerprint density at radius 1 is 1.38 bits per heavy atom. The second kappa shape index (κ2) is 8.17. The van der Waals surface area contributed by atoms with Crippen LogP contribution in [0.3, 0.4) is 0 Å². The van der Waals surface area contributed by atoms with Gasteiger partial charge in [-0.05, 0) is 58.8 Å². The lowest BCUT2D eigenvalue weighted by Gasteiger charge is -2.36. The lowest BCUT2D eigenvalue weighted by atomic mass is 10.0. The highest BCUT2D eigenvalue weighted by Crippen LogP contribution is 2.25. The van der Waals surface area contributed by atoms with E-state index in [0.717, 1.165) is 37.8 Å². The second-order valence-corrected chi connectivity index (χ2v) is 6.07. The number of piperidine rings is 1. The van der Waals surface area contributed by atoms with Gasteiger partial charge in [0.05, 0.1) is 0 Å². The summed E-state index contributed by atoms with van der Waals surface area (Å²) in [5, 5.41) is 3.34. The Balaban J connectivity index is 1.93. The average Bonchev–Trinajstić information content (AvgIpc) is 2.51. The van der Waals surface area contributed by atoms with Gasteiger partial charge in [-0.15, -0.1) is 0 Å². The standard InChI is InChI=1S/C16H29N5/c1-4-14-8-5-6-13-21(14)15-9-11-18-16(19-15)17-10-7-12-20(2)3/h9,11,14H,4-8,10,12-13H2,1-3H3,(H,17,18,19). The Hall–Kier alpha value is -1.36. The molecule has 0 aromatic carbocycles. The molecular weight excluding hydrogens is 262 g/mol. The summed E-state index contributed by atoms with van der Waals surface area (Å²) in [5.74, 6) is 1.83. The number of rotatable bonds is 7. The predicted octanol–water partition coefficient (Wildman–Crippen LogP) is 2.61. The Morgan fingerprint density at radius 3 is 3.00 bits per heavy atom. The van der Waals surface area contributed by atoms with Gasteiger partial charge in [0.1, 0.15) is 5.82 Å². The molecule has 5 nitrogen and oxygen atoms in total. The van der Waals surface area contributed by atoms with E-state index in [-0.39, 0.29) is 0 Å². The molecule has 1 aromatic heterocycles. The van der Waals surface area contributed by atoms with Crippen LogP contribution in [0.1, 0.15) is 39.0 Å². The maximum Gasteiger partial charge on any atom is 0.224 e. The first-order valence-corrected chi connectivity index (χ1v) is 8.19. The molecule has 0 aliphatic carbocycles. The molecule has 1 fully saturated rings. The van der Waals surface area contributed by atoms with E-state index in [2.05, 4.69) is 41.1 Å². The molecule has 1 saturated heterocycles. The summed E-state index contributed by atoms with van der Waals surface area (Å²) in [6, 6.07) is 2.68. The molecule has 2 rings (SSSR count). The molecule has 2 heterocycles. The van der Waals surface area contributed by atoms with Crippen molar-refractivity contribution in [2.75, 3.05) is 43.9 Å². The van der Waals surface area contributed by atoms with Gasteiger partial charge in [0.2, 0.25) is 5.95 Å². The quantitative estimate of drug-likeness (QED) is 0.782. The Kier molecular flexibility index (Phi) is 6.23. The van der Waals surface area contributed by atoms with Crippen LogP contribution in [0.5, 0.6) is 0 Å². The summed E-state index contributed by atoms with van der Waals surface area (Å²) in [5.41, 5.74) is 0. The van der Waals surface area contributed by atoms with E-state index in [1.54, 1.807) is 0 Å². The van der Waals surface area contributed by atoms with Gasteiger partial charge in [0, 0.05) is 25.3 Å². The van der Waals surface area contributed by atoms with Gasteiger partial charge in [-0.25, -0.2) is 4.98 Å². The SMILES string of the molecule is CCC1CCCCN1c1ccnc(NCCCN(C)C)n1. The lowest BCUT2D eigenvalue weighted by Crippen LogP contribution is -2.39. The zero-order valence-electron chi connectivity index (χ0n) is 13.7. The number of hydrogen-bond acceptors (Lipinski definition) is 5. The minimum Gasteiger partial charge on any atom is -0.354 e. The van der Waals surface area contributed by atoms with Gasteiger partial charge in [0.15, 0.2) is 0 Å². The zero-order chi connectivity index (χ0) is 15.1. The molecule has 1 aliphatic rings. The van der Waals surface area contributed by atoms with Gasteiger partial charge in [-0.1, -0.05) is 6.92 Å². The summed E-state index contributed by atoms with van der Waals surface area (Å²) in [6.45, 7) is 5.38. The molecule has 0 saturated carbocycles. The van der Waals surface area contributed by atoms with E-state index in [0.29, 0.717) is 6.04 Å². The molecule has 1 unspecified atom stereocenters. The van der Waals surface area contributed by atoms with E-state index in [1.807, 2.05) is 12.3 Å². The van der Waals surface area contributed by atoms with E-state index >= 15 is 0 Å². The van der Waals surface area contributed by atoms with E-state index < -0.39 is 0 Å². The first-order chi connectivity index (χ1) is 10.2. The third-order valence-electron chi connectivity index (χ3n) is 4.10. The van der Waals surface area contributed by atoms with Gasteiger partial charge in [0.25, 0.3) is 0 Å². The monoisotopic (exact) mass is 291 g/mol. The Bertz CT molecular complexity index is 421. The summed E-state index contributed by atoms with van der Waals surface area (Å²) >= 11 is 0. The molecule has 0 radical (unpaired) electrons. The highest BCUT2D eigenvalue weighted by Gasteiger charge is 2.22. The topological polar surface area (TPSA) is 44.3 Å². The van der Waals surface area contributed by atoms with Crippen LogP contribution in [0.15, 0.2) is 12.3 Å². The molecule has 118 valence electrons. The van der Waals surface area contributed by atoms with E-state index in [9.17, 15) is 0 Å². The maximum absolute atomic E-state index is 4.70. The molecular formula is C16H29N5. The van der Waals surface area contributed by atoms with Crippen molar-refractivity contribution in [2.45, 2.75) is 45.1 Å². The van der Waals surface area contributed by atoms with E-state index in [4.69, 9.17) is 4.98 Å². The van der Waals surface area contributed by atoms with Crippen LogP contribution >= 0.6 is 0 Å². The summed E-state index contributed by atoms with van der Waals surface area (Å²) in [7, 11) is 4.19. The number of nitrogens with zero attached hydrogens (tertiary/aromatic N) is 4. The van der Waals surface area contributed by atoms with Crippen molar-refractivity contribution in [3.63, 3.8) is 0 Å². The molecule has 1 N–H and O–H groups in total. The summed E-state index contributed by atoms with van der Waals surface area (Å²) in [6.07, 6.45) is 8.06. The van der Waals surface area contributed by atoms with Crippen molar-refractivity contribution in [3.8, 4) is 0 Å². The van der Waals surface area contributed by atoms with Crippen LogP contribution in [0.4, 0.5) is 11.8 Å². The smallest absolute Gasteiger partial charge is 0.224 e. The number of nitrogens with one attached hydrogen (secondary N) is 1. The molecule has 1 aliphatic heterocycles. The molecule has 0 amide bonds. The normalized spacial score (nSPS) is 19.0. The van der Waals surface area contributed by atoms with Crippen LogP contribution in [-0.2, 0) is 0 Å². The molecule has 5 heteroatoms. The van der Waals surface area contributed by atoms with Crippen molar-refractivity contribution in [1.29, 1.82) is 0 Å². The first-order valence-electron chi connectivity index (χ1n) is 8.19. The van der Waals surface area contributed by atoms with Crippen molar-refractivity contribution in [2.24, 2.45) is 0 Å². The first kappa shape index (κ1) is 16.0. The second-order valence-electron chi connectivity index (χ2n) is 6.07. The minimum atomic E-state index is 0.634. The van der Waals surface area contributed by atoms with Crippen LogP contribution in [0.25, 0.3) is 0 Å². The number of hydrogen-bond donors (Lipinski definition) is 1. The van der Waals surface area contributed by atoms with Crippen LogP contribution < -0.4 is 10.2 Å². The average molecular weight is 291 g/mol. The van der Waals surface area contributed by atoms with Crippen molar-refractivity contribution in [1.82, 2.24) is 14.9 Å². The predicted molar refractivity (Wildman–Crippen MR) is 89.0 cm³/mol. The van der Waals surface area contributed by atoms with E-state index in [1.165, 1.54) is 25.7 Å². The molecule has 21 heavy (non-hydrogen) atoms. The number of aromatic nitrogens is 2. The van der Waals surface area contributed by atoms with Gasteiger partial charge in [-0.2, -0.15) is 4.98 Å². The third-order valence-corrected chi connectivity index (χ3v) is 4.10. The lowest BCUT2D eigenvalue weighted by molar-refractivity contribution is 0.405. The van der Waals surface area contributed by atoms with Crippen molar-refractivity contribution in [3.05, 3.63) is 12.3 Å². The molecule has 1 aromatic rings. The van der Waals surface area contributed by atoms with Crippen LogP contribution in [0.2, 0.25) is 0 Å². The zero-order valence-corrected chi connectivity index (χ0v) is 13.7. The fraction of sp³-hybridized carbons (Fsp3) is 0.750. The fourth-order valence-electron chi connectivity index (χ4n) is 2.92. The van der Waals surface area contributed by atoms with Crippen LogP contribution in [-0.4, -0.2) is 54.6 Å². The highest BCUT2D eigenvalue weighted by atomic mass is 15.2. The third kappa shape index (κ3) is 4.84. The Morgan fingerprint density at radius 2 is 2.24 bits per heavy atom. The maximum atomic E-state index is 4.70. The Labute approximate surface area is 128 Å². The molecule has 0 spiro atoms. The van der Waals surface area contributed by atoms with Gasteiger partial charge < -0.3 is 15.1 Å². The van der Waals surface area contributed by atoms with Gasteiger partial charge in [-0.3, -0.25) is 0 Å². The largest absolute Gasteiger partial charge is 0.354 e. The van der Waals surface area contributed by atoms with Crippen molar-refractivity contribution >= 4 is 11.8 Å². The summed E-state index contributed by atoms with van der Waals surface area (Å²) in [4.78, 5) is 13.7. The van der Waals surface area contributed by atoms with Gasteiger partial charge >= 0.3 is 0 Å². The molecule has 1 atom stereocenters. The highest BCUT2D eigenvalue weighted by molar-refractivity contribution is 5.43. The summed E-state index contributed by atoms with van der Waals surface area (Å²) < 4.78 is 0.